The van der Waals surface area contributed by atoms with Crippen LogP contribution in [0, 0.1) is 0 Å². The zero-order valence-electron chi connectivity index (χ0n) is 29.6. The van der Waals surface area contributed by atoms with Crippen LogP contribution in [0.2, 0.25) is 0 Å². The second-order valence-corrected chi connectivity index (χ2v) is 14.4. The Morgan fingerprint density at radius 1 is 0.623 bits per heavy atom. The van der Waals surface area contributed by atoms with E-state index in [0.717, 1.165) is 62.6 Å². The van der Waals surface area contributed by atoms with E-state index < -0.39 is 23.7 Å². The van der Waals surface area contributed by atoms with Gasteiger partial charge in [-0.2, -0.15) is 36.5 Å². The number of hydrogen-bond donors (Lipinski definition) is 0. The van der Waals surface area contributed by atoms with Crippen molar-refractivity contribution in [3.05, 3.63) is 93.6 Å². The Morgan fingerprint density at radius 2 is 1.11 bits per heavy atom. The van der Waals surface area contributed by atoms with Crippen LogP contribution in [-0.2, 0) is 54.2 Å². The molecule has 2 aromatic heterocycles. The summed E-state index contributed by atoms with van der Waals surface area (Å²) in [4.78, 5) is 27.2. The molecule has 8 rings (SSSR count). The number of alkyl halides is 6. The predicted octanol–water partition coefficient (Wildman–Crippen LogP) is 8.35. The van der Waals surface area contributed by atoms with Gasteiger partial charge in [0.2, 0.25) is 11.8 Å². The highest BCUT2D eigenvalue weighted by Crippen LogP contribution is 2.39. The number of amides is 2. The third-order valence-electron chi connectivity index (χ3n) is 10.9. The Morgan fingerprint density at radius 3 is 1.58 bits per heavy atom. The monoisotopic (exact) mass is 740 g/mol. The smallest absolute Gasteiger partial charge is 0.339 e. The fourth-order valence-corrected chi connectivity index (χ4v) is 8.10. The topological polar surface area (TPSA) is 76.3 Å². The first kappa shape index (κ1) is 36.7. The summed E-state index contributed by atoms with van der Waals surface area (Å²) in [6.45, 7) is 1.31. The van der Waals surface area contributed by atoms with E-state index in [9.17, 15) is 35.9 Å². The zero-order valence-corrected chi connectivity index (χ0v) is 29.6. The van der Waals surface area contributed by atoms with Crippen LogP contribution in [0.15, 0.2) is 48.5 Å². The number of aromatic nitrogens is 4. The van der Waals surface area contributed by atoms with Crippen LogP contribution >= 0.6 is 0 Å². The van der Waals surface area contributed by atoms with Gasteiger partial charge in [-0.15, -0.1) is 0 Å². The molecule has 2 amide bonds. The van der Waals surface area contributed by atoms with Crippen LogP contribution in [0.4, 0.5) is 26.3 Å². The molecule has 2 saturated heterocycles. The molecule has 0 radical (unpaired) electrons. The van der Waals surface area contributed by atoms with E-state index in [1.165, 1.54) is 9.36 Å². The van der Waals surface area contributed by atoms with E-state index >= 15 is 0 Å². The van der Waals surface area contributed by atoms with Crippen LogP contribution in [-0.4, -0.2) is 54.8 Å². The molecule has 14 heteroatoms. The number of halogens is 6. The van der Waals surface area contributed by atoms with Crippen molar-refractivity contribution in [2.24, 2.45) is 0 Å². The minimum atomic E-state index is -4.43. The summed E-state index contributed by atoms with van der Waals surface area (Å²) in [5, 5.41) is 7.83. The Bertz CT molecular complexity index is 1960. The molecule has 8 nitrogen and oxygen atoms in total. The minimum absolute atomic E-state index is 0.0359. The van der Waals surface area contributed by atoms with E-state index in [2.05, 4.69) is 10.2 Å². The van der Waals surface area contributed by atoms with Crippen LogP contribution in [0.5, 0.6) is 0 Å². The summed E-state index contributed by atoms with van der Waals surface area (Å²) in [5.41, 5.74) is 3.78. The van der Waals surface area contributed by atoms with Gasteiger partial charge in [0, 0.05) is 55.5 Å². The van der Waals surface area contributed by atoms with Crippen molar-refractivity contribution < 1.29 is 35.9 Å². The average molecular weight is 741 g/mol. The van der Waals surface area contributed by atoms with Gasteiger partial charge in [0.15, 0.2) is 11.4 Å². The van der Waals surface area contributed by atoms with Crippen molar-refractivity contribution in [3.8, 4) is 11.4 Å². The summed E-state index contributed by atoms with van der Waals surface area (Å²) in [7, 11) is 1.79. The Balaban J connectivity index is 0.000000164. The number of carbonyl (C=O) groups excluding carboxylic acids is 2. The molecule has 53 heavy (non-hydrogen) atoms. The molecule has 4 aromatic rings. The van der Waals surface area contributed by atoms with E-state index in [1.807, 2.05) is 29.2 Å². The summed E-state index contributed by atoms with van der Waals surface area (Å²) in [6.07, 6.45) is 0.372. The molecular formula is C39H42F6N6O2. The van der Waals surface area contributed by atoms with Crippen LogP contribution in [0.3, 0.4) is 0 Å². The number of piperidine rings is 1. The minimum Gasteiger partial charge on any atom is -0.339 e. The number of carbonyl (C=O) groups is 2. The number of benzene rings is 2. The third kappa shape index (κ3) is 7.59. The number of likely N-dealkylation sites (tertiary alicyclic amines) is 2. The molecule has 0 bridgehead atoms. The highest BCUT2D eigenvalue weighted by atomic mass is 19.4. The van der Waals surface area contributed by atoms with Gasteiger partial charge in [0.1, 0.15) is 0 Å². The van der Waals surface area contributed by atoms with E-state index in [4.69, 9.17) is 0 Å². The first-order valence-corrected chi connectivity index (χ1v) is 18.4. The SMILES string of the molecule is CN1C(=O)CCC1c1ccc(-n2nc(C(F)(F)F)c3c2CCCC3)cc1.O=C1CCCCN1Cc1ccc(-n2nc(C(F)(F)F)c3c2CCCC3)cc1. The van der Waals surface area contributed by atoms with Crippen molar-refractivity contribution >= 4 is 11.8 Å². The maximum atomic E-state index is 13.4. The predicted molar refractivity (Wildman–Crippen MR) is 184 cm³/mol. The fraction of sp³-hybridized carbons (Fsp3) is 0.487. The van der Waals surface area contributed by atoms with Gasteiger partial charge in [-0.1, -0.05) is 24.3 Å². The largest absolute Gasteiger partial charge is 0.435 e. The van der Waals surface area contributed by atoms with Crippen molar-refractivity contribution in [1.82, 2.24) is 29.4 Å². The quantitative estimate of drug-likeness (QED) is 0.193. The Kier molecular flexibility index (Phi) is 10.2. The number of fused-ring (bicyclic) bond motifs is 2. The van der Waals surface area contributed by atoms with E-state index in [-0.39, 0.29) is 17.9 Å². The summed E-state index contributed by atoms with van der Waals surface area (Å²) >= 11 is 0. The molecule has 282 valence electrons. The maximum absolute atomic E-state index is 13.4. The summed E-state index contributed by atoms with van der Waals surface area (Å²) in [6, 6.07) is 14.8. The number of nitrogens with zero attached hydrogens (tertiary/aromatic N) is 6. The first-order chi connectivity index (χ1) is 25.3. The summed E-state index contributed by atoms with van der Waals surface area (Å²) in [5.74, 6) is 0.288. The third-order valence-corrected chi connectivity index (χ3v) is 10.9. The summed E-state index contributed by atoms with van der Waals surface area (Å²) < 4.78 is 83.0. The molecule has 2 fully saturated rings. The fourth-order valence-electron chi connectivity index (χ4n) is 8.10. The van der Waals surface area contributed by atoms with Gasteiger partial charge >= 0.3 is 12.4 Å². The van der Waals surface area contributed by atoms with Gasteiger partial charge in [-0.05, 0) is 106 Å². The lowest BCUT2D eigenvalue weighted by atomic mass is 9.95. The van der Waals surface area contributed by atoms with Gasteiger partial charge in [-0.25, -0.2) is 9.36 Å². The highest BCUT2D eigenvalue weighted by molar-refractivity contribution is 5.78. The van der Waals surface area contributed by atoms with Crippen molar-refractivity contribution in [1.29, 1.82) is 0 Å². The van der Waals surface area contributed by atoms with Crippen molar-refractivity contribution in [3.63, 3.8) is 0 Å². The van der Waals surface area contributed by atoms with Gasteiger partial charge in [0.25, 0.3) is 0 Å². The van der Waals surface area contributed by atoms with Gasteiger partial charge in [-0.3, -0.25) is 9.59 Å². The molecule has 4 aliphatic rings. The van der Waals surface area contributed by atoms with Crippen LogP contribution in [0.25, 0.3) is 11.4 Å². The standard InChI is InChI=1S/C20H22F3N3O.C19H20F3N3O/c21-20(22,23)19-16-5-1-2-6-17(16)26(24-19)15-10-8-14(9-11-15)13-25-12-4-3-7-18(25)27;1-24-15(10-11-17(24)26)12-6-8-13(9-7-12)25-16-5-3-2-4-14(16)18(23-25)19(20,21)22/h8-11H,1-7,12-13H2;6-9,15H,2-5,10-11H2,1H3. The second-order valence-electron chi connectivity index (χ2n) is 14.4. The lowest BCUT2D eigenvalue weighted by Crippen LogP contribution is -2.34. The molecule has 0 N–H and O–H groups in total. The molecule has 1 atom stereocenters. The second kappa shape index (κ2) is 14.7. The molecule has 0 spiro atoms. The Labute approximate surface area is 303 Å². The molecule has 2 aliphatic heterocycles. The van der Waals surface area contributed by atoms with E-state index in [0.29, 0.717) is 79.0 Å². The molecule has 0 saturated carbocycles. The molecule has 1 unspecified atom stereocenters. The zero-order chi connectivity index (χ0) is 37.5. The number of hydrogen-bond acceptors (Lipinski definition) is 4. The van der Waals surface area contributed by atoms with E-state index in [1.54, 1.807) is 36.2 Å². The lowest BCUT2D eigenvalue weighted by molar-refractivity contribution is -0.142. The van der Waals surface area contributed by atoms with Crippen LogP contribution in [0.1, 0.15) is 109 Å². The Hall–Kier alpha value is -4.62. The van der Waals surface area contributed by atoms with Gasteiger partial charge in [0.05, 0.1) is 17.4 Å². The van der Waals surface area contributed by atoms with Gasteiger partial charge < -0.3 is 9.80 Å². The molecule has 2 aliphatic carbocycles. The highest BCUT2D eigenvalue weighted by Gasteiger charge is 2.41. The average Bonchev–Trinajstić information content (AvgIpc) is 3.83. The molecule has 2 aromatic carbocycles. The molecule has 4 heterocycles. The van der Waals surface area contributed by atoms with Crippen molar-refractivity contribution in [2.45, 2.75) is 108 Å². The van der Waals surface area contributed by atoms with Crippen LogP contribution < -0.4 is 0 Å². The maximum Gasteiger partial charge on any atom is 0.435 e. The first-order valence-electron chi connectivity index (χ1n) is 18.4. The van der Waals surface area contributed by atoms with Crippen molar-refractivity contribution in [2.75, 3.05) is 13.6 Å². The normalized spacial score (nSPS) is 19.2. The molecular weight excluding hydrogens is 698 g/mol. The number of rotatable bonds is 5. The lowest BCUT2D eigenvalue weighted by Gasteiger charge is -2.26.